The average molecular weight is 370 g/mol. The van der Waals surface area contributed by atoms with Crippen LogP contribution in [0.3, 0.4) is 0 Å². The van der Waals surface area contributed by atoms with Crippen LogP contribution in [0.25, 0.3) is 17.0 Å². The van der Waals surface area contributed by atoms with Gasteiger partial charge in [-0.3, -0.25) is 4.52 Å². The first kappa shape index (κ1) is 18.1. The molecule has 8 heteroatoms. The molecule has 0 bridgehead atoms. The number of hydrogen-bond acceptors (Lipinski definition) is 7. The zero-order chi connectivity index (χ0) is 19.2. The third-order valence-corrected chi connectivity index (χ3v) is 3.54. The number of esters is 1. The summed E-state index contributed by atoms with van der Waals surface area (Å²) in [4.78, 5) is 16.1. The Kier molecular flexibility index (Phi) is 5.46. The Balaban J connectivity index is 1.93. The van der Waals surface area contributed by atoms with Gasteiger partial charge in [0.25, 0.3) is 0 Å². The van der Waals surface area contributed by atoms with Crippen LogP contribution in [0.1, 0.15) is 5.56 Å². The molecule has 138 valence electrons. The molecule has 1 heterocycles. The van der Waals surface area contributed by atoms with Crippen molar-refractivity contribution in [1.29, 1.82) is 0 Å². The van der Waals surface area contributed by atoms with Gasteiger partial charge in [-0.05, 0) is 18.2 Å². The van der Waals surface area contributed by atoms with Crippen LogP contribution in [0.15, 0.2) is 59.3 Å². The van der Waals surface area contributed by atoms with E-state index in [1.54, 1.807) is 36.4 Å². The summed E-state index contributed by atoms with van der Waals surface area (Å²) >= 11 is 0. The Morgan fingerprint density at radius 1 is 1.11 bits per heavy atom. The van der Waals surface area contributed by atoms with Crippen molar-refractivity contribution < 1.29 is 27.9 Å². The number of para-hydroxylation sites is 1. The molecule has 0 atom stereocenters. The largest absolute Gasteiger partial charge is 0.503 e. The highest BCUT2D eigenvalue weighted by Gasteiger charge is 2.20. The molecule has 0 aliphatic carbocycles. The number of methoxy groups -OCH3 is 2. The van der Waals surface area contributed by atoms with Gasteiger partial charge in [0.05, 0.1) is 26.0 Å². The second kappa shape index (κ2) is 8.13. The Hall–Kier alpha value is -3.68. The van der Waals surface area contributed by atoms with Crippen molar-refractivity contribution >= 4 is 11.5 Å². The highest BCUT2D eigenvalue weighted by atomic mass is 19.1. The normalized spacial score (nSPS) is 11.1. The molecule has 0 aliphatic rings. The maximum absolute atomic E-state index is 13.9. The van der Waals surface area contributed by atoms with Crippen LogP contribution in [-0.2, 0) is 14.3 Å². The van der Waals surface area contributed by atoms with E-state index >= 15 is 0 Å². The minimum Gasteiger partial charge on any atom is -0.503 e. The molecule has 7 nitrogen and oxygen atoms in total. The monoisotopic (exact) mass is 370 g/mol. The van der Waals surface area contributed by atoms with Crippen molar-refractivity contribution in [2.75, 3.05) is 14.2 Å². The summed E-state index contributed by atoms with van der Waals surface area (Å²) in [5.41, 5.74) is 0.722. The number of hydrogen-bond donors (Lipinski definition) is 0. The molecule has 27 heavy (non-hydrogen) atoms. The van der Waals surface area contributed by atoms with E-state index in [-0.39, 0.29) is 28.8 Å². The van der Waals surface area contributed by atoms with E-state index in [4.69, 9.17) is 18.7 Å². The average Bonchev–Trinajstić information content (AvgIpc) is 3.15. The number of carbonyl (C=O) groups excluding carboxylic acids is 1. The van der Waals surface area contributed by atoms with Crippen LogP contribution < -0.4 is 4.74 Å². The lowest BCUT2D eigenvalue weighted by atomic mass is 10.1. The van der Waals surface area contributed by atoms with Crippen molar-refractivity contribution in [2.24, 2.45) is 0 Å². The van der Waals surface area contributed by atoms with Crippen LogP contribution in [0.5, 0.6) is 11.8 Å². The smallest absolute Gasteiger partial charge is 0.423 e. The lowest BCUT2D eigenvalue weighted by molar-refractivity contribution is -0.133. The number of benzene rings is 2. The van der Waals surface area contributed by atoms with Crippen LogP contribution >= 0.6 is 0 Å². The molecular weight excluding hydrogens is 355 g/mol. The van der Waals surface area contributed by atoms with E-state index < -0.39 is 11.8 Å². The lowest BCUT2D eigenvalue weighted by Crippen LogP contribution is -2.05. The molecule has 2 aromatic carbocycles. The number of carbonyl (C=O) groups is 1. The summed E-state index contributed by atoms with van der Waals surface area (Å²) in [5.74, 6) is -0.789. The summed E-state index contributed by atoms with van der Waals surface area (Å²) in [6.45, 7) is 0. The lowest BCUT2D eigenvalue weighted by Gasteiger charge is -2.10. The molecule has 3 aromatic rings. The van der Waals surface area contributed by atoms with Crippen LogP contribution in [0.4, 0.5) is 4.39 Å². The van der Waals surface area contributed by atoms with Gasteiger partial charge in [0.1, 0.15) is 17.1 Å². The summed E-state index contributed by atoms with van der Waals surface area (Å²) in [7, 11) is 2.67. The zero-order valence-electron chi connectivity index (χ0n) is 14.5. The molecule has 0 radical (unpaired) electrons. The highest BCUT2D eigenvalue weighted by molar-refractivity contribution is 6.17. The summed E-state index contributed by atoms with van der Waals surface area (Å²) in [6.07, 6.45) is 1.04. The molecule has 0 amide bonds. The first-order valence-corrected chi connectivity index (χ1v) is 7.81. The maximum atomic E-state index is 13.9. The molecule has 0 fully saturated rings. The number of halogens is 1. The summed E-state index contributed by atoms with van der Waals surface area (Å²) in [5, 5.41) is 3.72. The zero-order valence-corrected chi connectivity index (χ0v) is 14.5. The molecule has 0 unspecified atom stereocenters. The van der Waals surface area contributed by atoms with Gasteiger partial charge in [-0.25, -0.2) is 9.18 Å². The van der Waals surface area contributed by atoms with Crippen molar-refractivity contribution in [1.82, 2.24) is 10.1 Å². The fourth-order valence-electron chi connectivity index (χ4n) is 2.32. The Bertz CT molecular complexity index is 983. The van der Waals surface area contributed by atoms with Crippen LogP contribution in [0.2, 0.25) is 0 Å². The van der Waals surface area contributed by atoms with Crippen molar-refractivity contribution in [3.63, 3.8) is 0 Å². The van der Waals surface area contributed by atoms with Gasteiger partial charge in [0.15, 0.2) is 0 Å². The predicted octanol–water partition coefficient (Wildman–Crippen LogP) is 3.83. The van der Waals surface area contributed by atoms with E-state index in [1.807, 2.05) is 0 Å². The Morgan fingerprint density at radius 2 is 1.85 bits per heavy atom. The molecule has 0 saturated heterocycles. The van der Waals surface area contributed by atoms with E-state index in [0.717, 1.165) is 0 Å². The predicted molar refractivity (Wildman–Crippen MR) is 93.2 cm³/mol. The Labute approximate surface area is 154 Å². The number of nitrogens with zero attached hydrogens (tertiary/aromatic N) is 2. The van der Waals surface area contributed by atoms with Gasteiger partial charge in [-0.2, -0.15) is 4.98 Å². The number of aromatic nitrogens is 2. The van der Waals surface area contributed by atoms with Gasteiger partial charge in [-0.15, -0.1) is 0 Å². The third-order valence-electron chi connectivity index (χ3n) is 3.54. The molecule has 0 saturated carbocycles. The van der Waals surface area contributed by atoms with E-state index in [1.165, 1.54) is 32.6 Å². The maximum Gasteiger partial charge on any atom is 0.423 e. The van der Waals surface area contributed by atoms with Gasteiger partial charge >= 0.3 is 12.0 Å². The summed E-state index contributed by atoms with van der Waals surface area (Å²) < 4.78 is 34.2. The minimum absolute atomic E-state index is 0.0428. The third kappa shape index (κ3) is 3.95. The molecule has 0 N–H and O–H groups in total. The fraction of sp³-hybridized carbons (Fsp3) is 0.105. The first-order valence-electron chi connectivity index (χ1n) is 7.81. The van der Waals surface area contributed by atoms with Crippen molar-refractivity contribution in [3.8, 4) is 23.2 Å². The quantitative estimate of drug-likeness (QED) is 0.370. The van der Waals surface area contributed by atoms with Gasteiger partial charge in [0.2, 0.25) is 5.82 Å². The molecule has 0 spiro atoms. The Morgan fingerprint density at radius 3 is 2.59 bits per heavy atom. The minimum atomic E-state index is -0.606. The molecule has 0 aliphatic heterocycles. The van der Waals surface area contributed by atoms with Crippen LogP contribution in [0, 0.1) is 5.82 Å². The SMILES string of the molecule is COC=C(C(=O)OC)c1ccccc1Oc1nc(-c2ccccc2F)no1. The van der Waals surface area contributed by atoms with E-state index in [9.17, 15) is 9.18 Å². The second-order valence-corrected chi connectivity index (χ2v) is 5.22. The highest BCUT2D eigenvalue weighted by Crippen LogP contribution is 2.31. The molecular formula is C19H15FN2O5. The molecule has 3 rings (SSSR count). The van der Waals surface area contributed by atoms with E-state index in [2.05, 4.69) is 10.1 Å². The van der Waals surface area contributed by atoms with Crippen molar-refractivity contribution in [3.05, 3.63) is 66.2 Å². The molecule has 1 aromatic heterocycles. The number of ether oxygens (including phenoxy) is 3. The van der Waals surface area contributed by atoms with Crippen molar-refractivity contribution in [2.45, 2.75) is 0 Å². The van der Waals surface area contributed by atoms with Gasteiger partial charge in [0, 0.05) is 5.56 Å². The summed E-state index contributed by atoms with van der Waals surface area (Å²) in [6, 6.07) is 12.7. The van der Waals surface area contributed by atoms with E-state index in [0.29, 0.717) is 5.56 Å². The standard InChI is InChI=1S/C19H15FN2O5/c1-24-11-14(18(23)25-2)12-7-4-6-10-16(12)26-19-21-17(22-27-19)13-8-3-5-9-15(13)20/h3-11H,1-2H3. The first-order chi connectivity index (χ1) is 13.1. The van der Waals surface area contributed by atoms with Gasteiger partial charge in [-0.1, -0.05) is 35.5 Å². The second-order valence-electron chi connectivity index (χ2n) is 5.22. The fourth-order valence-corrected chi connectivity index (χ4v) is 2.32. The topological polar surface area (TPSA) is 83.7 Å². The number of rotatable bonds is 6. The van der Waals surface area contributed by atoms with Crippen LogP contribution in [-0.4, -0.2) is 30.3 Å². The van der Waals surface area contributed by atoms with Gasteiger partial charge < -0.3 is 14.2 Å².